The molecule has 118 valence electrons. The molecule has 0 amide bonds. The minimum Gasteiger partial charge on any atom is -0.402 e. The van der Waals surface area contributed by atoms with Gasteiger partial charge in [-0.1, -0.05) is 18.8 Å². The summed E-state index contributed by atoms with van der Waals surface area (Å²) >= 11 is 4.80. The number of thiocarbonyl (C=S) groups is 1. The Morgan fingerprint density at radius 3 is 2.48 bits per heavy atom. The maximum absolute atomic E-state index is 14.0. The van der Waals surface area contributed by atoms with Crippen LogP contribution in [0.2, 0.25) is 0 Å². The van der Waals surface area contributed by atoms with Gasteiger partial charge in [-0.25, -0.2) is 17.6 Å². The maximum Gasteiger partial charge on any atom is 0.188 e. The lowest BCUT2D eigenvalue weighted by Crippen LogP contribution is -2.59. The molecule has 1 aliphatic heterocycles. The van der Waals surface area contributed by atoms with Crippen molar-refractivity contribution in [2.45, 2.75) is 37.9 Å². The molecule has 0 saturated carbocycles. The molecule has 2 atom stereocenters. The summed E-state index contributed by atoms with van der Waals surface area (Å²) in [6.45, 7) is 5.16. The van der Waals surface area contributed by atoms with E-state index in [1.165, 1.54) is 13.8 Å². The fourth-order valence-corrected chi connectivity index (χ4v) is 2.37. The van der Waals surface area contributed by atoms with Crippen molar-refractivity contribution in [3.63, 3.8) is 0 Å². The normalized spacial score (nSPS) is 31.5. The molecular formula is C14H18F4N2S. The molecule has 0 aliphatic carbocycles. The molecule has 0 spiro atoms. The summed E-state index contributed by atoms with van der Waals surface area (Å²) in [5.41, 5.74) is 1.71. The van der Waals surface area contributed by atoms with Gasteiger partial charge in [-0.15, -0.1) is 0 Å². The Bertz CT molecular complexity index is 525. The number of allylic oxidation sites excluding steroid dienone is 3. The molecule has 1 rings (SSSR count). The van der Waals surface area contributed by atoms with Crippen LogP contribution in [0.1, 0.15) is 26.7 Å². The van der Waals surface area contributed by atoms with Crippen LogP contribution in [0.3, 0.4) is 0 Å². The Morgan fingerprint density at radius 2 is 2.05 bits per heavy atom. The predicted molar refractivity (Wildman–Crippen MR) is 79.5 cm³/mol. The number of halogens is 4. The first kappa shape index (κ1) is 17.7. The summed E-state index contributed by atoms with van der Waals surface area (Å²) in [4.78, 5) is -0.362. The van der Waals surface area contributed by atoms with E-state index in [4.69, 9.17) is 18.0 Å². The Kier molecular flexibility index (Phi) is 5.20. The SMILES string of the molecule is C=C(/C(F)=C(F)\C=C(/C)N)[C@]1(C)CC[C@@](F)(CF)C(=S)N1. The van der Waals surface area contributed by atoms with Gasteiger partial charge in [0.15, 0.2) is 17.3 Å². The summed E-state index contributed by atoms with van der Waals surface area (Å²) in [7, 11) is 0. The molecule has 1 saturated heterocycles. The van der Waals surface area contributed by atoms with Crippen LogP contribution in [0.15, 0.2) is 35.6 Å². The highest BCUT2D eigenvalue weighted by Crippen LogP contribution is 2.38. The Labute approximate surface area is 126 Å². The fourth-order valence-electron chi connectivity index (χ4n) is 1.99. The number of alkyl halides is 2. The van der Waals surface area contributed by atoms with E-state index >= 15 is 0 Å². The Hall–Kier alpha value is -1.37. The van der Waals surface area contributed by atoms with Gasteiger partial charge in [0.2, 0.25) is 0 Å². The van der Waals surface area contributed by atoms with Crippen molar-refractivity contribution in [3.8, 4) is 0 Å². The zero-order chi connectivity index (χ0) is 16.4. The van der Waals surface area contributed by atoms with Crippen molar-refractivity contribution < 1.29 is 17.6 Å². The van der Waals surface area contributed by atoms with Gasteiger partial charge in [0, 0.05) is 11.3 Å². The topological polar surface area (TPSA) is 38.0 Å². The third kappa shape index (κ3) is 3.64. The van der Waals surface area contributed by atoms with Crippen LogP contribution >= 0.6 is 12.2 Å². The van der Waals surface area contributed by atoms with Gasteiger partial charge in [0.1, 0.15) is 11.7 Å². The van der Waals surface area contributed by atoms with E-state index in [1.54, 1.807) is 0 Å². The van der Waals surface area contributed by atoms with Crippen molar-refractivity contribution >= 4 is 17.2 Å². The second kappa shape index (κ2) is 6.17. The number of nitrogens with two attached hydrogens (primary N) is 1. The molecule has 7 heteroatoms. The highest BCUT2D eigenvalue weighted by molar-refractivity contribution is 7.80. The van der Waals surface area contributed by atoms with Crippen molar-refractivity contribution in [2.75, 3.05) is 6.67 Å². The van der Waals surface area contributed by atoms with Crippen molar-refractivity contribution in [1.82, 2.24) is 5.32 Å². The zero-order valence-corrected chi connectivity index (χ0v) is 12.7. The summed E-state index contributed by atoms with van der Waals surface area (Å²) in [5.74, 6) is -2.36. The van der Waals surface area contributed by atoms with E-state index in [2.05, 4.69) is 11.9 Å². The molecule has 0 unspecified atom stereocenters. The molecule has 1 heterocycles. The van der Waals surface area contributed by atoms with Gasteiger partial charge in [0.05, 0.1) is 5.54 Å². The minimum atomic E-state index is -2.26. The molecule has 0 radical (unpaired) electrons. The van der Waals surface area contributed by atoms with Gasteiger partial charge in [0.25, 0.3) is 0 Å². The third-order valence-electron chi connectivity index (χ3n) is 3.52. The maximum atomic E-state index is 14.0. The lowest BCUT2D eigenvalue weighted by atomic mass is 9.79. The molecule has 3 N–H and O–H groups in total. The average Bonchev–Trinajstić information content (AvgIpc) is 2.41. The van der Waals surface area contributed by atoms with Crippen LogP contribution < -0.4 is 11.1 Å². The third-order valence-corrected chi connectivity index (χ3v) is 3.99. The number of piperidine rings is 1. The summed E-state index contributed by atoms with van der Waals surface area (Å²) in [6.07, 6.45) is 0.621. The van der Waals surface area contributed by atoms with Crippen LogP contribution in [-0.4, -0.2) is 22.9 Å². The molecule has 0 aromatic carbocycles. The first-order valence-corrected chi connectivity index (χ1v) is 6.73. The van der Waals surface area contributed by atoms with Crippen LogP contribution in [0.5, 0.6) is 0 Å². The average molecular weight is 322 g/mol. The smallest absolute Gasteiger partial charge is 0.188 e. The molecule has 0 bridgehead atoms. The summed E-state index contributed by atoms with van der Waals surface area (Å²) in [5, 5.41) is 2.55. The minimum absolute atomic E-state index is 0.0262. The Balaban J connectivity index is 3.04. The number of hydrogen-bond donors (Lipinski definition) is 2. The first-order chi connectivity index (χ1) is 9.55. The van der Waals surface area contributed by atoms with Crippen molar-refractivity contribution in [3.05, 3.63) is 35.6 Å². The second-order valence-electron chi connectivity index (χ2n) is 5.41. The number of nitrogens with one attached hydrogen (secondary N) is 1. The predicted octanol–water partition coefficient (Wildman–Crippen LogP) is 3.70. The molecule has 21 heavy (non-hydrogen) atoms. The Morgan fingerprint density at radius 1 is 1.48 bits per heavy atom. The van der Waals surface area contributed by atoms with E-state index < -0.39 is 29.5 Å². The number of rotatable bonds is 4. The van der Waals surface area contributed by atoms with Gasteiger partial charge >= 0.3 is 0 Å². The van der Waals surface area contributed by atoms with E-state index in [-0.39, 0.29) is 29.1 Å². The summed E-state index contributed by atoms with van der Waals surface area (Å²) < 4.78 is 54.4. The van der Waals surface area contributed by atoms with Crippen molar-refractivity contribution in [2.24, 2.45) is 5.73 Å². The van der Waals surface area contributed by atoms with Gasteiger partial charge in [-0.05, 0) is 32.8 Å². The van der Waals surface area contributed by atoms with Crippen LogP contribution in [0.4, 0.5) is 17.6 Å². The quantitative estimate of drug-likeness (QED) is 0.471. The van der Waals surface area contributed by atoms with Crippen LogP contribution in [0.25, 0.3) is 0 Å². The second-order valence-corrected chi connectivity index (χ2v) is 5.82. The highest BCUT2D eigenvalue weighted by Gasteiger charge is 2.46. The molecule has 1 aliphatic rings. The van der Waals surface area contributed by atoms with E-state index in [1.807, 2.05) is 0 Å². The number of hydrogen-bond acceptors (Lipinski definition) is 2. The standard InChI is InChI=1S/C14H18F4N2S/c1-8(19)6-10(16)11(17)9(2)13(3)4-5-14(18,7-15)12(21)20-13/h6H,2,4-5,7,19H2,1,3H3,(H,20,21)/b8-6+,11-10-/t13-,14+/m0/s1. The fraction of sp³-hybridized carbons (Fsp3) is 0.500. The van der Waals surface area contributed by atoms with E-state index in [9.17, 15) is 17.6 Å². The lowest BCUT2D eigenvalue weighted by molar-refractivity contribution is 0.148. The van der Waals surface area contributed by atoms with Crippen molar-refractivity contribution in [1.29, 1.82) is 0 Å². The van der Waals surface area contributed by atoms with Crippen LogP contribution in [0, 0.1) is 0 Å². The highest BCUT2D eigenvalue weighted by atomic mass is 32.1. The monoisotopic (exact) mass is 322 g/mol. The molecule has 1 fully saturated rings. The van der Waals surface area contributed by atoms with Gasteiger partial charge < -0.3 is 11.1 Å². The van der Waals surface area contributed by atoms with E-state index in [0.717, 1.165) is 6.08 Å². The molecule has 0 aromatic heterocycles. The molecular weight excluding hydrogens is 304 g/mol. The van der Waals surface area contributed by atoms with Gasteiger partial charge in [-0.3, -0.25) is 0 Å². The largest absolute Gasteiger partial charge is 0.402 e. The molecule has 0 aromatic rings. The van der Waals surface area contributed by atoms with Crippen LogP contribution in [-0.2, 0) is 0 Å². The molecule has 2 nitrogen and oxygen atoms in total. The lowest BCUT2D eigenvalue weighted by Gasteiger charge is -2.42. The van der Waals surface area contributed by atoms with E-state index in [0.29, 0.717) is 0 Å². The van der Waals surface area contributed by atoms with Gasteiger partial charge in [-0.2, -0.15) is 0 Å². The first-order valence-electron chi connectivity index (χ1n) is 6.32. The zero-order valence-electron chi connectivity index (χ0n) is 11.9. The summed E-state index contributed by atoms with van der Waals surface area (Å²) in [6, 6.07) is 0.